The fourth-order valence-electron chi connectivity index (χ4n) is 4.30. The van der Waals surface area contributed by atoms with Crippen LogP contribution in [0, 0.1) is 13.8 Å². The molecule has 3 amide bonds. The zero-order valence-electron chi connectivity index (χ0n) is 22.1. The molecule has 3 aromatic rings. The van der Waals surface area contributed by atoms with Crippen molar-refractivity contribution in [3.8, 4) is 0 Å². The highest BCUT2D eigenvalue weighted by molar-refractivity contribution is 7.12. The van der Waals surface area contributed by atoms with Gasteiger partial charge in [0.1, 0.15) is 11.6 Å². The van der Waals surface area contributed by atoms with E-state index in [-0.39, 0.29) is 24.8 Å². The summed E-state index contributed by atoms with van der Waals surface area (Å²) in [7, 11) is 0. The molecule has 2 heterocycles. The van der Waals surface area contributed by atoms with Gasteiger partial charge in [-0.2, -0.15) is 0 Å². The summed E-state index contributed by atoms with van der Waals surface area (Å²) in [6, 6.07) is 14.9. The molecule has 4 rings (SSSR count). The highest BCUT2D eigenvalue weighted by Gasteiger charge is 2.39. The number of rotatable bonds is 5. The van der Waals surface area contributed by atoms with Crippen molar-refractivity contribution in [3.05, 3.63) is 81.5 Å². The molecule has 1 unspecified atom stereocenters. The van der Waals surface area contributed by atoms with Crippen molar-refractivity contribution < 1.29 is 23.9 Å². The maximum atomic E-state index is 14.0. The minimum Gasteiger partial charge on any atom is -0.444 e. The van der Waals surface area contributed by atoms with Crippen molar-refractivity contribution in [1.29, 1.82) is 0 Å². The number of amides is 3. The number of benzene rings is 2. The molecule has 198 valence electrons. The van der Waals surface area contributed by atoms with Crippen LogP contribution >= 0.6 is 11.3 Å². The van der Waals surface area contributed by atoms with Gasteiger partial charge in [0, 0.05) is 5.56 Å². The van der Waals surface area contributed by atoms with Gasteiger partial charge in [-0.05, 0) is 69.3 Å². The number of Topliss-reactive ketones (excluding diaryl/α,β-unsaturated/α-hetero) is 1. The molecule has 2 aromatic carbocycles. The molecule has 0 bridgehead atoms. The number of aryl methyl sites for hydroxylation is 2. The lowest BCUT2D eigenvalue weighted by atomic mass is 10.0. The second-order valence-corrected chi connectivity index (χ2v) is 11.2. The average molecular weight is 534 g/mol. The first kappa shape index (κ1) is 27.1. The lowest BCUT2D eigenvalue weighted by Crippen LogP contribution is -2.54. The fourth-order valence-corrected chi connectivity index (χ4v) is 4.98. The van der Waals surface area contributed by atoms with Crippen molar-refractivity contribution in [2.45, 2.75) is 46.3 Å². The minimum absolute atomic E-state index is 0.125. The highest BCUT2D eigenvalue weighted by atomic mass is 32.1. The second kappa shape index (κ2) is 10.8. The van der Waals surface area contributed by atoms with E-state index in [0.29, 0.717) is 21.8 Å². The number of carbonyl (C=O) groups is 4. The molecule has 8 nitrogen and oxygen atoms in total. The number of nitrogens with one attached hydrogen (secondary N) is 1. The molecule has 9 heteroatoms. The minimum atomic E-state index is -1.15. The largest absolute Gasteiger partial charge is 0.444 e. The molecule has 0 saturated carbocycles. The standard InChI is InChI=1S/C29H31N3O5S/c1-18-12-13-22-23(15-18)32(17-24(33)20-10-7-6-9-19(20)2)26(34)21(30-28(36)37-29(3,4)5)16-31(22)27(35)25-11-8-14-38-25/h6-15,21H,16-17H2,1-5H3,(H,30,36). The summed E-state index contributed by atoms with van der Waals surface area (Å²) < 4.78 is 5.41. The number of alkyl carbamates (subject to hydrolysis) is 1. The summed E-state index contributed by atoms with van der Waals surface area (Å²) in [4.78, 5) is 57.1. The molecule has 0 aliphatic carbocycles. The Balaban J connectivity index is 1.79. The number of ketones is 1. The van der Waals surface area contributed by atoms with Gasteiger partial charge < -0.3 is 19.9 Å². The number of hydrogen-bond acceptors (Lipinski definition) is 6. The summed E-state index contributed by atoms with van der Waals surface area (Å²) in [6.45, 7) is 8.50. The van der Waals surface area contributed by atoms with Gasteiger partial charge in [0.15, 0.2) is 5.78 Å². The Morgan fingerprint density at radius 1 is 1.03 bits per heavy atom. The quantitative estimate of drug-likeness (QED) is 0.459. The van der Waals surface area contributed by atoms with Crippen molar-refractivity contribution in [1.82, 2.24) is 5.32 Å². The van der Waals surface area contributed by atoms with E-state index in [9.17, 15) is 19.2 Å². The van der Waals surface area contributed by atoms with E-state index in [2.05, 4.69) is 5.32 Å². The van der Waals surface area contributed by atoms with Gasteiger partial charge in [-0.3, -0.25) is 14.4 Å². The van der Waals surface area contributed by atoms with Crippen LogP contribution < -0.4 is 15.1 Å². The summed E-state index contributed by atoms with van der Waals surface area (Å²) in [5.74, 6) is -1.06. The summed E-state index contributed by atoms with van der Waals surface area (Å²) in [5.41, 5.74) is 2.27. The summed E-state index contributed by atoms with van der Waals surface area (Å²) in [6.07, 6.45) is -0.785. The van der Waals surface area contributed by atoms with Crippen LogP contribution in [-0.4, -0.2) is 48.4 Å². The van der Waals surface area contributed by atoms with E-state index in [0.717, 1.165) is 11.1 Å². The topological polar surface area (TPSA) is 96.0 Å². The van der Waals surface area contributed by atoms with Crippen LogP contribution in [0.5, 0.6) is 0 Å². The molecule has 1 aliphatic rings. The third kappa shape index (κ3) is 5.94. The molecular weight excluding hydrogens is 502 g/mol. The molecule has 0 saturated heterocycles. The van der Waals surface area contributed by atoms with Crippen LogP contribution in [0.25, 0.3) is 0 Å². The SMILES string of the molecule is Cc1ccc2c(c1)N(CC(=O)c1ccccc1C)C(=O)C(NC(=O)OC(C)(C)C)CN2C(=O)c1cccs1. The van der Waals surface area contributed by atoms with E-state index >= 15 is 0 Å². The van der Waals surface area contributed by atoms with Crippen molar-refractivity contribution >= 4 is 46.4 Å². The van der Waals surface area contributed by atoms with Crippen molar-refractivity contribution in [2.75, 3.05) is 22.9 Å². The van der Waals surface area contributed by atoms with Crippen LogP contribution in [0.3, 0.4) is 0 Å². The predicted molar refractivity (Wildman–Crippen MR) is 148 cm³/mol. The molecule has 0 radical (unpaired) electrons. The lowest BCUT2D eigenvalue weighted by Gasteiger charge is -2.26. The Hall–Kier alpha value is -3.98. The van der Waals surface area contributed by atoms with Crippen LogP contribution in [0.4, 0.5) is 16.2 Å². The number of hydrogen-bond donors (Lipinski definition) is 1. The average Bonchev–Trinajstić information content (AvgIpc) is 3.35. The monoisotopic (exact) mass is 533 g/mol. The van der Waals surface area contributed by atoms with E-state index < -0.39 is 23.6 Å². The van der Waals surface area contributed by atoms with Crippen molar-refractivity contribution in [3.63, 3.8) is 0 Å². The van der Waals surface area contributed by atoms with Crippen LogP contribution in [0.15, 0.2) is 60.0 Å². The van der Waals surface area contributed by atoms with E-state index in [1.54, 1.807) is 62.5 Å². The fraction of sp³-hybridized carbons (Fsp3) is 0.310. The Bertz CT molecular complexity index is 1380. The molecule has 1 aliphatic heterocycles. The maximum absolute atomic E-state index is 14.0. The van der Waals surface area contributed by atoms with E-state index in [1.165, 1.54) is 21.1 Å². The normalized spacial score (nSPS) is 15.5. The number of carbonyl (C=O) groups excluding carboxylic acids is 4. The van der Waals surface area contributed by atoms with Gasteiger partial charge in [-0.25, -0.2) is 4.79 Å². The zero-order chi connectivity index (χ0) is 27.6. The van der Waals surface area contributed by atoms with Crippen LogP contribution in [0.1, 0.15) is 51.9 Å². The van der Waals surface area contributed by atoms with Crippen LogP contribution in [-0.2, 0) is 9.53 Å². The Morgan fingerprint density at radius 3 is 2.42 bits per heavy atom. The predicted octanol–water partition coefficient (Wildman–Crippen LogP) is 5.13. The molecule has 1 N–H and O–H groups in total. The second-order valence-electron chi connectivity index (χ2n) is 10.2. The number of ether oxygens (including phenoxy) is 1. The molecular formula is C29H31N3O5S. The smallest absolute Gasteiger partial charge is 0.408 e. The first-order valence-corrected chi connectivity index (χ1v) is 13.2. The first-order valence-electron chi connectivity index (χ1n) is 12.3. The number of fused-ring (bicyclic) bond motifs is 1. The molecule has 1 atom stereocenters. The third-order valence-electron chi connectivity index (χ3n) is 6.06. The summed E-state index contributed by atoms with van der Waals surface area (Å²) in [5, 5.41) is 4.45. The number of anilines is 2. The first-order chi connectivity index (χ1) is 17.9. The number of thiophene rings is 1. The van der Waals surface area contributed by atoms with Crippen LogP contribution in [0.2, 0.25) is 0 Å². The van der Waals surface area contributed by atoms with Gasteiger partial charge in [0.25, 0.3) is 11.8 Å². The Morgan fingerprint density at radius 2 is 1.76 bits per heavy atom. The molecule has 0 fully saturated rings. The molecule has 0 spiro atoms. The maximum Gasteiger partial charge on any atom is 0.408 e. The van der Waals surface area contributed by atoms with E-state index in [1.807, 2.05) is 32.0 Å². The number of nitrogens with zero attached hydrogens (tertiary/aromatic N) is 2. The van der Waals surface area contributed by atoms with Gasteiger partial charge in [0.2, 0.25) is 0 Å². The summed E-state index contributed by atoms with van der Waals surface area (Å²) >= 11 is 1.29. The Labute approximate surface area is 226 Å². The zero-order valence-corrected chi connectivity index (χ0v) is 22.9. The Kier molecular flexibility index (Phi) is 7.68. The van der Waals surface area contributed by atoms with E-state index in [4.69, 9.17) is 4.74 Å². The molecule has 38 heavy (non-hydrogen) atoms. The highest BCUT2D eigenvalue weighted by Crippen LogP contribution is 2.35. The lowest BCUT2D eigenvalue weighted by molar-refractivity contribution is -0.120. The van der Waals surface area contributed by atoms with Crippen molar-refractivity contribution in [2.24, 2.45) is 0 Å². The third-order valence-corrected chi connectivity index (χ3v) is 6.91. The van der Waals surface area contributed by atoms with Gasteiger partial charge in [-0.1, -0.05) is 36.4 Å². The molecule has 1 aromatic heterocycles. The van der Waals surface area contributed by atoms with Gasteiger partial charge in [-0.15, -0.1) is 11.3 Å². The van der Waals surface area contributed by atoms with Gasteiger partial charge >= 0.3 is 6.09 Å². The van der Waals surface area contributed by atoms with Gasteiger partial charge in [0.05, 0.1) is 29.3 Å².